The van der Waals surface area contributed by atoms with Gasteiger partial charge >= 0.3 is 0 Å². The average Bonchev–Trinajstić information content (AvgIpc) is 3.63. The number of aromatic nitrogens is 1. The number of nitrogens with one attached hydrogen (secondary N) is 2. The zero-order valence-electron chi connectivity index (χ0n) is 18.2. The predicted molar refractivity (Wildman–Crippen MR) is 120 cm³/mol. The maximum absolute atomic E-state index is 13.1. The van der Waals surface area contributed by atoms with Crippen LogP contribution in [0.4, 0.5) is 4.39 Å². The van der Waals surface area contributed by atoms with Crippen LogP contribution in [0.3, 0.4) is 0 Å². The summed E-state index contributed by atoms with van der Waals surface area (Å²) in [5.41, 5.74) is 2.28. The molecule has 7 heteroatoms. The quantitative estimate of drug-likeness (QED) is 0.502. The van der Waals surface area contributed by atoms with Crippen molar-refractivity contribution in [2.45, 2.75) is 44.8 Å². The number of hydrogen-bond donors (Lipinski definition) is 2. The van der Waals surface area contributed by atoms with Crippen LogP contribution in [-0.2, 0) is 13.1 Å². The monoisotopic (exact) mass is 425 g/mol. The van der Waals surface area contributed by atoms with Crippen LogP contribution in [0.25, 0.3) is 0 Å². The maximum Gasteiger partial charge on any atom is 0.213 e. The van der Waals surface area contributed by atoms with Crippen molar-refractivity contribution in [1.82, 2.24) is 20.5 Å². The van der Waals surface area contributed by atoms with E-state index in [9.17, 15) is 4.39 Å². The van der Waals surface area contributed by atoms with Gasteiger partial charge in [-0.1, -0.05) is 12.1 Å². The van der Waals surface area contributed by atoms with Crippen molar-refractivity contribution in [3.8, 4) is 5.88 Å². The van der Waals surface area contributed by atoms with Gasteiger partial charge in [0.2, 0.25) is 5.88 Å². The number of pyridine rings is 1. The molecule has 2 fully saturated rings. The van der Waals surface area contributed by atoms with Gasteiger partial charge in [-0.05, 0) is 60.9 Å². The van der Waals surface area contributed by atoms with Gasteiger partial charge in [0.1, 0.15) is 5.82 Å². The number of halogens is 1. The summed E-state index contributed by atoms with van der Waals surface area (Å²) in [5.74, 6) is 2.05. The molecule has 1 saturated heterocycles. The SMILES string of the molecule is CN=C(NCc1ccnc(OCC2CC2)c1)NC1CCN(Cc2ccc(F)cc2)CC1. The van der Waals surface area contributed by atoms with Gasteiger partial charge in [0, 0.05) is 51.5 Å². The first-order valence-corrected chi connectivity index (χ1v) is 11.2. The Morgan fingerprint density at radius 2 is 1.90 bits per heavy atom. The van der Waals surface area contributed by atoms with Crippen LogP contribution in [0.15, 0.2) is 47.6 Å². The number of aliphatic imine (C=N–C) groups is 1. The number of benzene rings is 1. The van der Waals surface area contributed by atoms with Crippen LogP contribution in [-0.4, -0.2) is 48.6 Å². The molecule has 31 heavy (non-hydrogen) atoms. The van der Waals surface area contributed by atoms with Gasteiger partial charge < -0.3 is 15.4 Å². The fourth-order valence-corrected chi connectivity index (χ4v) is 3.78. The first kappa shape index (κ1) is 21.6. The van der Waals surface area contributed by atoms with Gasteiger partial charge in [0.25, 0.3) is 0 Å². The smallest absolute Gasteiger partial charge is 0.213 e. The van der Waals surface area contributed by atoms with Crippen LogP contribution in [0.1, 0.15) is 36.8 Å². The summed E-state index contributed by atoms with van der Waals surface area (Å²) >= 11 is 0. The minimum absolute atomic E-state index is 0.181. The second-order valence-electron chi connectivity index (χ2n) is 8.50. The van der Waals surface area contributed by atoms with Crippen molar-refractivity contribution in [3.05, 3.63) is 59.5 Å². The van der Waals surface area contributed by atoms with E-state index in [0.29, 0.717) is 24.4 Å². The maximum atomic E-state index is 13.1. The number of hydrogen-bond acceptors (Lipinski definition) is 4. The molecule has 0 bridgehead atoms. The van der Waals surface area contributed by atoms with Crippen molar-refractivity contribution in [2.75, 3.05) is 26.7 Å². The molecule has 6 nitrogen and oxygen atoms in total. The Labute approximate surface area is 183 Å². The Morgan fingerprint density at radius 3 is 2.61 bits per heavy atom. The first-order valence-electron chi connectivity index (χ1n) is 11.2. The van der Waals surface area contributed by atoms with Gasteiger partial charge in [-0.15, -0.1) is 0 Å². The number of rotatable bonds is 8. The highest BCUT2D eigenvalue weighted by atomic mass is 19.1. The van der Waals surface area contributed by atoms with Gasteiger partial charge in [0.15, 0.2) is 5.96 Å². The summed E-state index contributed by atoms with van der Waals surface area (Å²) in [6, 6.07) is 11.2. The van der Waals surface area contributed by atoms with Crippen LogP contribution in [0.2, 0.25) is 0 Å². The summed E-state index contributed by atoms with van der Waals surface area (Å²) in [6.45, 7) is 4.34. The normalized spacial score (nSPS) is 18.1. The van der Waals surface area contributed by atoms with Gasteiger partial charge in [0.05, 0.1) is 6.61 Å². The highest BCUT2D eigenvalue weighted by molar-refractivity contribution is 5.79. The number of guanidine groups is 1. The molecule has 0 unspecified atom stereocenters. The highest BCUT2D eigenvalue weighted by Gasteiger charge is 2.22. The molecule has 166 valence electrons. The number of likely N-dealkylation sites (tertiary alicyclic amines) is 1. The average molecular weight is 426 g/mol. The third-order valence-electron chi connectivity index (χ3n) is 5.89. The Kier molecular flexibility index (Phi) is 7.35. The van der Waals surface area contributed by atoms with Crippen LogP contribution < -0.4 is 15.4 Å². The molecule has 2 aromatic rings. The Morgan fingerprint density at radius 1 is 1.13 bits per heavy atom. The van der Waals surface area contributed by atoms with E-state index in [-0.39, 0.29) is 5.82 Å². The van der Waals surface area contributed by atoms with E-state index in [1.54, 1.807) is 13.2 Å². The fraction of sp³-hybridized carbons (Fsp3) is 0.500. The molecule has 2 heterocycles. The van der Waals surface area contributed by atoms with Crippen molar-refractivity contribution in [1.29, 1.82) is 0 Å². The molecule has 0 spiro atoms. The molecule has 1 aliphatic carbocycles. The number of nitrogens with zero attached hydrogens (tertiary/aromatic N) is 3. The van der Waals surface area contributed by atoms with Crippen LogP contribution >= 0.6 is 0 Å². The van der Waals surface area contributed by atoms with Gasteiger partial charge in [-0.2, -0.15) is 0 Å². The minimum Gasteiger partial charge on any atom is -0.477 e. The Bertz CT molecular complexity index is 861. The van der Waals surface area contributed by atoms with Crippen LogP contribution in [0, 0.1) is 11.7 Å². The molecule has 1 aromatic heterocycles. The minimum atomic E-state index is -0.181. The zero-order valence-corrected chi connectivity index (χ0v) is 18.2. The van der Waals surface area contributed by atoms with E-state index >= 15 is 0 Å². The fourth-order valence-electron chi connectivity index (χ4n) is 3.78. The molecular weight excluding hydrogens is 393 g/mol. The summed E-state index contributed by atoms with van der Waals surface area (Å²) < 4.78 is 18.9. The molecule has 0 atom stereocenters. The molecule has 0 amide bonds. The molecule has 0 radical (unpaired) electrons. The standard InChI is InChI=1S/C24H32FN5O/c1-26-24(28-15-20-8-11-27-23(14-20)31-17-19-2-3-19)29-22-9-12-30(13-10-22)16-18-4-6-21(25)7-5-18/h4-8,11,14,19,22H,2-3,9-10,12-13,15-17H2,1H3,(H2,26,28,29). The second-order valence-corrected chi connectivity index (χ2v) is 8.50. The van der Waals surface area contributed by atoms with Crippen molar-refractivity contribution >= 4 is 5.96 Å². The topological polar surface area (TPSA) is 61.8 Å². The lowest BCUT2D eigenvalue weighted by Crippen LogP contribution is -2.48. The van der Waals surface area contributed by atoms with E-state index in [0.717, 1.165) is 56.2 Å². The third-order valence-corrected chi connectivity index (χ3v) is 5.89. The molecule has 2 N–H and O–H groups in total. The Balaban J connectivity index is 1.19. The van der Waals surface area contributed by atoms with E-state index < -0.39 is 0 Å². The molecule has 1 aliphatic heterocycles. The van der Waals surface area contributed by atoms with Crippen molar-refractivity contribution in [3.63, 3.8) is 0 Å². The van der Waals surface area contributed by atoms with E-state index in [1.165, 1.54) is 25.0 Å². The molecule has 1 aromatic carbocycles. The van der Waals surface area contributed by atoms with E-state index in [2.05, 4.69) is 25.5 Å². The van der Waals surface area contributed by atoms with E-state index in [4.69, 9.17) is 4.74 Å². The molecule has 2 aliphatic rings. The van der Waals surface area contributed by atoms with E-state index in [1.807, 2.05) is 24.3 Å². The lowest BCUT2D eigenvalue weighted by molar-refractivity contribution is 0.198. The third kappa shape index (κ3) is 6.92. The van der Waals surface area contributed by atoms with Crippen molar-refractivity contribution in [2.24, 2.45) is 10.9 Å². The highest BCUT2D eigenvalue weighted by Crippen LogP contribution is 2.29. The lowest BCUT2D eigenvalue weighted by Gasteiger charge is -2.33. The molecule has 1 saturated carbocycles. The zero-order chi connectivity index (χ0) is 21.5. The van der Waals surface area contributed by atoms with Crippen LogP contribution in [0.5, 0.6) is 5.88 Å². The first-order chi connectivity index (χ1) is 15.2. The van der Waals surface area contributed by atoms with Gasteiger partial charge in [-0.25, -0.2) is 9.37 Å². The number of piperidine rings is 1. The van der Waals surface area contributed by atoms with Crippen molar-refractivity contribution < 1.29 is 9.13 Å². The largest absolute Gasteiger partial charge is 0.477 e. The molecule has 4 rings (SSSR count). The lowest BCUT2D eigenvalue weighted by atomic mass is 10.0. The second kappa shape index (κ2) is 10.6. The Hall–Kier alpha value is -2.67. The molecular formula is C24H32FN5O. The summed E-state index contributed by atoms with van der Waals surface area (Å²) in [7, 11) is 1.80. The summed E-state index contributed by atoms with van der Waals surface area (Å²) in [6.07, 6.45) is 6.45. The summed E-state index contributed by atoms with van der Waals surface area (Å²) in [4.78, 5) is 11.1. The van der Waals surface area contributed by atoms with Gasteiger partial charge in [-0.3, -0.25) is 9.89 Å². The summed E-state index contributed by atoms with van der Waals surface area (Å²) in [5, 5.41) is 6.95. The predicted octanol–water partition coefficient (Wildman–Crippen LogP) is 3.34. The number of ether oxygens (including phenoxy) is 1.